The molecule has 0 bridgehead atoms. The summed E-state index contributed by atoms with van der Waals surface area (Å²) >= 11 is 9.61. The van der Waals surface area contributed by atoms with Gasteiger partial charge in [0.15, 0.2) is 0 Å². The summed E-state index contributed by atoms with van der Waals surface area (Å²) in [5.41, 5.74) is 4.21. The van der Waals surface area contributed by atoms with Crippen LogP contribution >= 0.6 is 27.5 Å². The molecule has 0 saturated carbocycles. The molecule has 110 valence electrons. The quantitative estimate of drug-likeness (QED) is 0.775. The number of fused-ring (bicyclic) bond motifs is 1. The fourth-order valence-electron chi connectivity index (χ4n) is 3.18. The zero-order chi connectivity index (χ0) is 14.8. The normalized spacial score (nSPS) is 18.5. The average Bonchev–Trinajstić information content (AvgIpc) is 2.81. The highest BCUT2D eigenvalue weighted by Crippen LogP contribution is 2.33. The third kappa shape index (κ3) is 3.68. The average molecular weight is 365 g/mol. The smallest absolute Gasteiger partial charge is 0.0408 e. The molecule has 21 heavy (non-hydrogen) atoms. The van der Waals surface area contributed by atoms with Gasteiger partial charge in [-0.1, -0.05) is 45.7 Å². The van der Waals surface area contributed by atoms with Crippen molar-refractivity contribution in [2.75, 3.05) is 0 Å². The Labute approximate surface area is 139 Å². The lowest BCUT2D eigenvalue weighted by Gasteiger charge is -2.20. The van der Waals surface area contributed by atoms with E-state index in [1.807, 2.05) is 12.1 Å². The molecule has 0 radical (unpaired) electrons. The molecule has 2 atom stereocenters. The number of aryl methyl sites for hydroxylation is 1. The summed E-state index contributed by atoms with van der Waals surface area (Å²) in [4.78, 5) is 0. The first-order chi connectivity index (χ1) is 10.1. The predicted molar refractivity (Wildman–Crippen MR) is 93.0 cm³/mol. The summed E-state index contributed by atoms with van der Waals surface area (Å²) < 4.78 is 1.17. The molecule has 0 aliphatic heterocycles. The molecule has 2 aromatic carbocycles. The third-order valence-electron chi connectivity index (χ3n) is 4.10. The van der Waals surface area contributed by atoms with Crippen LogP contribution in [-0.4, -0.2) is 6.04 Å². The lowest BCUT2D eigenvalue weighted by molar-refractivity contribution is 0.451. The van der Waals surface area contributed by atoms with Gasteiger partial charge in [-0.3, -0.25) is 0 Å². The van der Waals surface area contributed by atoms with E-state index in [1.54, 1.807) is 0 Å². The second-order valence-corrected chi connectivity index (χ2v) is 7.19. The zero-order valence-corrected chi connectivity index (χ0v) is 14.4. The van der Waals surface area contributed by atoms with Gasteiger partial charge in [0, 0.05) is 21.6 Å². The summed E-state index contributed by atoms with van der Waals surface area (Å²) in [6, 6.07) is 15.7. The van der Waals surface area contributed by atoms with E-state index in [9.17, 15) is 0 Å². The SMILES string of the molecule is CC(Cc1cccc(Cl)c1)NC1CCc2cc(Br)ccc21. The highest BCUT2D eigenvalue weighted by molar-refractivity contribution is 9.10. The van der Waals surface area contributed by atoms with Gasteiger partial charge in [0.05, 0.1) is 0 Å². The summed E-state index contributed by atoms with van der Waals surface area (Å²) in [5, 5.41) is 4.58. The number of nitrogens with one attached hydrogen (secondary N) is 1. The molecule has 1 N–H and O–H groups in total. The van der Waals surface area contributed by atoms with Crippen molar-refractivity contribution in [2.45, 2.75) is 38.3 Å². The van der Waals surface area contributed by atoms with Crippen molar-refractivity contribution in [3.63, 3.8) is 0 Å². The van der Waals surface area contributed by atoms with Crippen molar-refractivity contribution >= 4 is 27.5 Å². The maximum absolute atomic E-state index is 6.06. The van der Waals surface area contributed by atoms with Crippen LogP contribution in [0.4, 0.5) is 0 Å². The second kappa shape index (κ2) is 6.51. The van der Waals surface area contributed by atoms with Gasteiger partial charge in [0.2, 0.25) is 0 Å². The minimum absolute atomic E-state index is 0.433. The van der Waals surface area contributed by atoms with Gasteiger partial charge < -0.3 is 5.32 Å². The van der Waals surface area contributed by atoms with Crippen LogP contribution in [0.2, 0.25) is 5.02 Å². The first-order valence-corrected chi connectivity index (χ1v) is 8.58. The molecule has 1 nitrogen and oxygen atoms in total. The van der Waals surface area contributed by atoms with Crippen LogP contribution in [0.5, 0.6) is 0 Å². The first kappa shape index (κ1) is 15.1. The highest BCUT2D eigenvalue weighted by atomic mass is 79.9. The number of halogens is 2. The van der Waals surface area contributed by atoms with Crippen molar-refractivity contribution in [2.24, 2.45) is 0 Å². The lowest BCUT2D eigenvalue weighted by Crippen LogP contribution is -2.31. The molecule has 3 rings (SSSR count). The molecule has 0 amide bonds. The van der Waals surface area contributed by atoms with E-state index >= 15 is 0 Å². The Morgan fingerprint density at radius 3 is 2.95 bits per heavy atom. The summed E-state index contributed by atoms with van der Waals surface area (Å²) in [5.74, 6) is 0. The van der Waals surface area contributed by atoms with E-state index in [4.69, 9.17) is 11.6 Å². The molecular weight excluding hydrogens is 346 g/mol. The van der Waals surface area contributed by atoms with E-state index in [0.717, 1.165) is 17.9 Å². The van der Waals surface area contributed by atoms with Gasteiger partial charge in [-0.25, -0.2) is 0 Å². The predicted octanol–water partition coefficient (Wildman–Crippen LogP) is 5.31. The van der Waals surface area contributed by atoms with Crippen molar-refractivity contribution < 1.29 is 0 Å². The van der Waals surface area contributed by atoms with Gasteiger partial charge in [0.1, 0.15) is 0 Å². The Morgan fingerprint density at radius 2 is 2.14 bits per heavy atom. The molecule has 0 saturated heterocycles. The molecule has 1 aliphatic carbocycles. The fraction of sp³-hybridized carbons (Fsp3) is 0.333. The molecule has 2 aromatic rings. The van der Waals surface area contributed by atoms with Crippen LogP contribution in [0.25, 0.3) is 0 Å². The first-order valence-electron chi connectivity index (χ1n) is 7.40. The van der Waals surface area contributed by atoms with Gasteiger partial charge in [-0.2, -0.15) is 0 Å². The van der Waals surface area contributed by atoms with E-state index in [2.05, 4.69) is 58.5 Å². The Bertz CT molecular complexity index is 641. The Balaban J connectivity index is 1.65. The largest absolute Gasteiger partial charge is 0.307 e. The van der Waals surface area contributed by atoms with Crippen molar-refractivity contribution in [1.29, 1.82) is 0 Å². The standard InChI is InChI=1S/C18H19BrClN/c1-12(9-13-3-2-4-16(20)10-13)21-18-8-5-14-11-15(19)6-7-17(14)18/h2-4,6-7,10-12,18,21H,5,8-9H2,1H3. The molecular formula is C18H19BrClN. The number of hydrogen-bond donors (Lipinski definition) is 1. The van der Waals surface area contributed by atoms with Gasteiger partial charge in [-0.15, -0.1) is 0 Å². The zero-order valence-electron chi connectivity index (χ0n) is 12.1. The molecule has 0 heterocycles. The van der Waals surface area contributed by atoms with Gasteiger partial charge in [0.25, 0.3) is 0 Å². The van der Waals surface area contributed by atoms with Crippen LogP contribution in [0.1, 0.15) is 36.1 Å². The highest BCUT2D eigenvalue weighted by Gasteiger charge is 2.23. The Morgan fingerprint density at radius 1 is 1.29 bits per heavy atom. The van der Waals surface area contributed by atoms with Crippen LogP contribution in [0, 0.1) is 0 Å². The van der Waals surface area contributed by atoms with Crippen LogP contribution < -0.4 is 5.32 Å². The second-order valence-electron chi connectivity index (χ2n) is 5.84. The van der Waals surface area contributed by atoms with Gasteiger partial charge >= 0.3 is 0 Å². The minimum atomic E-state index is 0.433. The summed E-state index contributed by atoms with van der Waals surface area (Å²) in [6.07, 6.45) is 3.35. The molecule has 2 unspecified atom stereocenters. The van der Waals surface area contributed by atoms with Crippen LogP contribution in [-0.2, 0) is 12.8 Å². The maximum atomic E-state index is 6.06. The Kier molecular flexibility index (Phi) is 4.68. The lowest BCUT2D eigenvalue weighted by atomic mass is 10.0. The number of rotatable bonds is 4. The number of benzene rings is 2. The van der Waals surface area contributed by atoms with Crippen molar-refractivity contribution in [1.82, 2.24) is 5.32 Å². The van der Waals surface area contributed by atoms with Crippen molar-refractivity contribution in [3.05, 3.63) is 68.7 Å². The minimum Gasteiger partial charge on any atom is -0.307 e. The monoisotopic (exact) mass is 363 g/mol. The topological polar surface area (TPSA) is 12.0 Å². The Hall–Kier alpha value is -0.830. The van der Waals surface area contributed by atoms with Crippen molar-refractivity contribution in [3.8, 4) is 0 Å². The third-order valence-corrected chi connectivity index (χ3v) is 4.83. The maximum Gasteiger partial charge on any atom is 0.0408 e. The van der Waals surface area contributed by atoms with E-state index in [1.165, 1.54) is 27.6 Å². The molecule has 0 aromatic heterocycles. The van der Waals surface area contributed by atoms with Crippen LogP contribution in [0.15, 0.2) is 46.9 Å². The summed E-state index contributed by atoms with van der Waals surface area (Å²) in [7, 11) is 0. The van der Waals surface area contributed by atoms with Crippen LogP contribution in [0.3, 0.4) is 0 Å². The van der Waals surface area contributed by atoms with E-state index in [-0.39, 0.29) is 0 Å². The summed E-state index contributed by atoms with van der Waals surface area (Å²) in [6.45, 7) is 2.25. The number of hydrogen-bond acceptors (Lipinski definition) is 1. The molecule has 0 spiro atoms. The van der Waals surface area contributed by atoms with E-state index in [0.29, 0.717) is 12.1 Å². The van der Waals surface area contributed by atoms with E-state index < -0.39 is 0 Å². The van der Waals surface area contributed by atoms with Gasteiger partial charge in [-0.05, 0) is 67.1 Å². The fourth-order valence-corrected chi connectivity index (χ4v) is 3.80. The molecule has 3 heteroatoms. The molecule has 0 fully saturated rings. The molecule has 1 aliphatic rings.